The minimum atomic E-state index is -3.91. The Bertz CT molecular complexity index is 1940. The highest BCUT2D eigenvalue weighted by molar-refractivity contribution is 7.89. The van der Waals surface area contributed by atoms with Crippen molar-refractivity contribution in [3.8, 4) is 0 Å². The molecule has 260 valence electrons. The Morgan fingerprint density at radius 2 is 1.49 bits per heavy atom. The SMILES string of the molecule is CCc1cccc(C(Nc2ccc3c(N(C(=O)OC(C)(C)C)C(=O)OC(C)(C)C)nccc3c2)C(=O)NCc2cccc(S(N)(=O)=O)c2)c1. The van der Waals surface area contributed by atoms with Gasteiger partial charge in [0.25, 0.3) is 0 Å². The van der Waals surface area contributed by atoms with E-state index in [0.717, 1.165) is 16.9 Å². The number of fused-ring (bicyclic) bond motifs is 1. The maximum Gasteiger partial charge on any atom is 0.425 e. The van der Waals surface area contributed by atoms with Crippen molar-refractivity contribution in [3.05, 3.63) is 95.7 Å². The molecule has 13 heteroatoms. The zero-order chi connectivity index (χ0) is 36.1. The van der Waals surface area contributed by atoms with Crippen LogP contribution in [-0.2, 0) is 37.3 Å². The molecule has 3 amide bonds. The molecule has 4 aromatic rings. The van der Waals surface area contributed by atoms with E-state index < -0.39 is 39.5 Å². The quantitative estimate of drug-likeness (QED) is 0.175. The molecule has 4 rings (SSSR count). The number of carbonyl (C=O) groups is 3. The number of rotatable bonds is 9. The van der Waals surface area contributed by atoms with Crippen LogP contribution in [0.3, 0.4) is 0 Å². The molecule has 1 unspecified atom stereocenters. The topological polar surface area (TPSA) is 170 Å². The number of aromatic nitrogens is 1. The van der Waals surface area contributed by atoms with Crippen LogP contribution in [0.15, 0.2) is 83.9 Å². The first kappa shape index (κ1) is 36.8. The fourth-order valence-corrected chi connectivity index (χ4v) is 5.46. The van der Waals surface area contributed by atoms with Crippen LogP contribution in [0, 0.1) is 0 Å². The van der Waals surface area contributed by atoms with Gasteiger partial charge >= 0.3 is 12.2 Å². The monoisotopic (exact) mass is 689 g/mol. The van der Waals surface area contributed by atoms with Crippen LogP contribution in [-0.4, -0.2) is 42.7 Å². The van der Waals surface area contributed by atoms with E-state index in [4.69, 9.17) is 14.6 Å². The molecule has 0 saturated carbocycles. The lowest BCUT2D eigenvalue weighted by Gasteiger charge is -2.28. The van der Waals surface area contributed by atoms with Crippen LogP contribution < -0.4 is 20.7 Å². The van der Waals surface area contributed by atoms with Crippen molar-refractivity contribution in [1.29, 1.82) is 0 Å². The molecule has 3 aromatic carbocycles. The van der Waals surface area contributed by atoms with Gasteiger partial charge in [-0.05, 0) is 106 Å². The minimum absolute atomic E-state index is 0.0270. The third-order valence-electron chi connectivity index (χ3n) is 7.07. The second-order valence-electron chi connectivity index (χ2n) is 13.5. The second-order valence-corrected chi connectivity index (χ2v) is 15.0. The Morgan fingerprint density at radius 3 is 2.10 bits per heavy atom. The van der Waals surface area contributed by atoms with E-state index in [1.807, 2.05) is 31.2 Å². The van der Waals surface area contributed by atoms with Gasteiger partial charge in [0, 0.05) is 23.8 Å². The number of aryl methyl sites for hydroxylation is 1. The van der Waals surface area contributed by atoms with Gasteiger partial charge in [-0.3, -0.25) is 4.79 Å². The summed E-state index contributed by atoms with van der Waals surface area (Å²) in [5.74, 6) is -0.329. The second kappa shape index (κ2) is 14.6. The number of primary sulfonamides is 1. The Hall–Kier alpha value is -5.01. The molecule has 49 heavy (non-hydrogen) atoms. The van der Waals surface area contributed by atoms with Gasteiger partial charge in [-0.1, -0.05) is 43.3 Å². The number of sulfonamides is 1. The van der Waals surface area contributed by atoms with Gasteiger partial charge in [0.2, 0.25) is 15.9 Å². The van der Waals surface area contributed by atoms with E-state index in [2.05, 4.69) is 15.6 Å². The molecule has 0 saturated heterocycles. The Kier molecular flexibility index (Phi) is 11.0. The molecule has 0 aliphatic heterocycles. The highest BCUT2D eigenvalue weighted by Gasteiger charge is 2.34. The van der Waals surface area contributed by atoms with E-state index in [0.29, 0.717) is 27.6 Å². The lowest BCUT2D eigenvalue weighted by atomic mass is 10.0. The molecule has 0 aliphatic rings. The van der Waals surface area contributed by atoms with Crippen molar-refractivity contribution in [2.45, 2.75) is 83.6 Å². The van der Waals surface area contributed by atoms with Gasteiger partial charge in [0.15, 0.2) is 5.82 Å². The molecule has 12 nitrogen and oxygen atoms in total. The van der Waals surface area contributed by atoms with Crippen molar-refractivity contribution >= 4 is 50.4 Å². The number of nitrogens with one attached hydrogen (secondary N) is 2. The number of hydrogen-bond acceptors (Lipinski definition) is 9. The molecule has 1 atom stereocenters. The van der Waals surface area contributed by atoms with Gasteiger partial charge < -0.3 is 20.1 Å². The number of amides is 3. The van der Waals surface area contributed by atoms with Gasteiger partial charge in [0.05, 0.1) is 4.90 Å². The van der Waals surface area contributed by atoms with E-state index in [1.165, 1.54) is 18.3 Å². The van der Waals surface area contributed by atoms with E-state index in [1.54, 1.807) is 77.9 Å². The number of pyridine rings is 1. The number of hydrogen-bond donors (Lipinski definition) is 3. The summed E-state index contributed by atoms with van der Waals surface area (Å²) in [5.41, 5.74) is 1.10. The highest BCUT2D eigenvalue weighted by Crippen LogP contribution is 2.31. The average Bonchev–Trinajstić information content (AvgIpc) is 3.00. The first-order chi connectivity index (χ1) is 22.8. The Morgan fingerprint density at radius 1 is 0.857 bits per heavy atom. The standard InChI is InChI=1S/C36H43N5O7S/c1-8-23-11-9-13-26(19-23)30(32(42)39-22-24-12-10-14-28(20-24)49(37,45)46)40-27-15-16-29-25(21-27)17-18-38-31(29)41(33(43)47-35(2,3)4)34(44)48-36(5,6)7/h9-21,30,40H,8,22H2,1-7H3,(H,39,42)(H2,37,45,46). The van der Waals surface area contributed by atoms with Crippen LogP contribution >= 0.6 is 0 Å². The molecule has 1 aromatic heterocycles. The van der Waals surface area contributed by atoms with Crippen molar-refractivity contribution in [1.82, 2.24) is 10.3 Å². The summed E-state index contributed by atoms with van der Waals surface area (Å²) in [7, 11) is -3.91. The van der Waals surface area contributed by atoms with Crippen molar-refractivity contribution in [2.24, 2.45) is 5.14 Å². The number of anilines is 2. The lowest BCUT2D eigenvalue weighted by Crippen LogP contribution is -2.44. The zero-order valence-electron chi connectivity index (χ0n) is 28.7. The van der Waals surface area contributed by atoms with E-state index >= 15 is 0 Å². The Labute approximate surface area is 287 Å². The summed E-state index contributed by atoms with van der Waals surface area (Å²) in [6.45, 7) is 12.2. The predicted molar refractivity (Wildman–Crippen MR) is 189 cm³/mol. The molecule has 0 radical (unpaired) electrons. The molecular formula is C36H43N5O7S. The van der Waals surface area contributed by atoms with Crippen molar-refractivity contribution < 1.29 is 32.3 Å². The van der Waals surface area contributed by atoms with Crippen LogP contribution in [0.5, 0.6) is 0 Å². The summed E-state index contributed by atoms with van der Waals surface area (Å²) in [4.78, 5) is 45.5. The van der Waals surface area contributed by atoms with Gasteiger partial charge in [-0.25, -0.2) is 28.1 Å². The number of nitrogens with two attached hydrogens (primary N) is 1. The molecule has 1 heterocycles. The maximum absolute atomic E-state index is 13.8. The summed E-state index contributed by atoms with van der Waals surface area (Å²) in [5, 5.41) is 12.6. The third kappa shape index (κ3) is 10.00. The lowest BCUT2D eigenvalue weighted by molar-refractivity contribution is -0.122. The minimum Gasteiger partial charge on any atom is -0.443 e. The first-order valence-corrected chi connectivity index (χ1v) is 17.3. The number of nitrogens with zero attached hydrogens (tertiary/aromatic N) is 2. The zero-order valence-corrected chi connectivity index (χ0v) is 29.6. The summed E-state index contributed by atoms with van der Waals surface area (Å²) < 4.78 is 34.8. The normalized spacial score (nSPS) is 12.6. The summed E-state index contributed by atoms with van der Waals surface area (Å²) in [6.07, 6.45) is 0.352. The van der Waals surface area contributed by atoms with Crippen LogP contribution in [0.4, 0.5) is 21.1 Å². The predicted octanol–water partition coefficient (Wildman–Crippen LogP) is 6.59. The third-order valence-corrected chi connectivity index (χ3v) is 7.98. The van der Waals surface area contributed by atoms with Crippen LogP contribution in [0.2, 0.25) is 0 Å². The van der Waals surface area contributed by atoms with Crippen LogP contribution in [0.1, 0.15) is 71.2 Å². The molecule has 0 aliphatic carbocycles. The number of imide groups is 1. The molecule has 0 bridgehead atoms. The van der Waals surface area contributed by atoms with Crippen LogP contribution in [0.25, 0.3) is 10.8 Å². The van der Waals surface area contributed by atoms with E-state index in [9.17, 15) is 22.8 Å². The average molecular weight is 690 g/mol. The smallest absolute Gasteiger partial charge is 0.425 e. The number of benzene rings is 3. The molecule has 0 spiro atoms. The largest absolute Gasteiger partial charge is 0.443 e. The van der Waals surface area contributed by atoms with E-state index in [-0.39, 0.29) is 23.2 Å². The summed E-state index contributed by atoms with van der Waals surface area (Å²) >= 11 is 0. The van der Waals surface area contributed by atoms with Crippen molar-refractivity contribution in [2.75, 3.05) is 10.2 Å². The molecule has 0 fully saturated rings. The Balaban J connectivity index is 1.69. The van der Waals surface area contributed by atoms with Gasteiger partial charge in [0.1, 0.15) is 17.2 Å². The fourth-order valence-electron chi connectivity index (χ4n) is 4.88. The highest BCUT2D eigenvalue weighted by atomic mass is 32.2. The molecule has 4 N–H and O–H groups in total. The van der Waals surface area contributed by atoms with Gasteiger partial charge in [-0.15, -0.1) is 0 Å². The number of carbonyl (C=O) groups excluding carboxylic acids is 3. The van der Waals surface area contributed by atoms with Crippen molar-refractivity contribution in [3.63, 3.8) is 0 Å². The fraction of sp³-hybridized carbons (Fsp3) is 0.333. The first-order valence-electron chi connectivity index (χ1n) is 15.7. The summed E-state index contributed by atoms with van der Waals surface area (Å²) in [6, 6.07) is 19.8. The molecular weight excluding hydrogens is 646 g/mol. The van der Waals surface area contributed by atoms with Gasteiger partial charge in [-0.2, -0.15) is 4.90 Å². The number of ether oxygens (including phenoxy) is 2. The maximum atomic E-state index is 13.8.